The zero-order valence-electron chi connectivity index (χ0n) is 7.75. The van der Waals surface area contributed by atoms with Gasteiger partial charge in [-0.2, -0.15) is 0 Å². The number of amides is 1. The number of nitrogens with zero attached hydrogens (tertiary/aromatic N) is 1. The van der Waals surface area contributed by atoms with E-state index in [-0.39, 0.29) is 0 Å². The van der Waals surface area contributed by atoms with Gasteiger partial charge in [0.25, 0.3) is 0 Å². The minimum atomic E-state index is -0.392. The lowest BCUT2D eigenvalue weighted by Crippen LogP contribution is -2.31. The van der Waals surface area contributed by atoms with Crippen LogP contribution >= 0.6 is 0 Å². The van der Waals surface area contributed by atoms with Crippen LogP contribution in [-0.4, -0.2) is 30.5 Å². The Bertz CT molecular complexity index is 258. The number of rotatable bonds is 2. The van der Waals surface area contributed by atoms with E-state index in [9.17, 15) is 4.79 Å². The maximum atomic E-state index is 10.7. The Morgan fingerprint density at radius 2 is 2.46 bits per heavy atom. The Morgan fingerprint density at radius 1 is 1.77 bits per heavy atom. The second-order valence-electron chi connectivity index (χ2n) is 3.03. The number of primary amides is 1. The predicted molar refractivity (Wildman–Crippen MR) is 49.6 cm³/mol. The first-order valence-corrected chi connectivity index (χ1v) is 4.12. The average Bonchev–Trinajstić information content (AvgIpc) is 2.04. The fourth-order valence-corrected chi connectivity index (χ4v) is 1.11. The van der Waals surface area contributed by atoms with Gasteiger partial charge in [0, 0.05) is 11.8 Å². The molecule has 0 aromatic heterocycles. The number of morpholine rings is 1. The lowest BCUT2D eigenvalue weighted by atomic mass is 10.3. The van der Waals surface area contributed by atoms with E-state index in [1.165, 1.54) is 0 Å². The van der Waals surface area contributed by atoms with Crippen LogP contribution in [0.4, 0.5) is 0 Å². The van der Waals surface area contributed by atoms with Crippen LogP contribution in [0.3, 0.4) is 0 Å². The van der Waals surface area contributed by atoms with Crippen LogP contribution in [0.15, 0.2) is 24.1 Å². The highest BCUT2D eigenvalue weighted by Crippen LogP contribution is 2.07. The standard InChI is InChI=1S/C9H14N2O2/c1-7(9(10)12)5-11-3-4-13-8(2)6-11/h5H,2-4,6H2,1H3,(H2,10,12). The highest BCUT2D eigenvalue weighted by atomic mass is 16.5. The van der Waals surface area contributed by atoms with Crippen LogP contribution in [-0.2, 0) is 9.53 Å². The van der Waals surface area contributed by atoms with E-state index < -0.39 is 5.91 Å². The molecule has 1 amide bonds. The van der Waals surface area contributed by atoms with Gasteiger partial charge < -0.3 is 15.4 Å². The summed E-state index contributed by atoms with van der Waals surface area (Å²) in [7, 11) is 0. The van der Waals surface area contributed by atoms with Crippen LogP contribution in [0.1, 0.15) is 6.92 Å². The second kappa shape index (κ2) is 3.98. The summed E-state index contributed by atoms with van der Waals surface area (Å²) in [6, 6.07) is 0. The molecule has 0 spiro atoms. The molecule has 4 nitrogen and oxygen atoms in total. The van der Waals surface area contributed by atoms with Crippen molar-refractivity contribution in [2.24, 2.45) is 5.73 Å². The molecule has 1 saturated heterocycles. The summed E-state index contributed by atoms with van der Waals surface area (Å²) >= 11 is 0. The van der Waals surface area contributed by atoms with Crippen molar-refractivity contribution in [3.8, 4) is 0 Å². The van der Waals surface area contributed by atoms with Gasteiger partial charge in [-0.3, -0.25) is 4.79 Å². The molecule has 1 heterocycles. The van der Waals surface area contributed by atoms with Crippen molar-refractivity contribution in [2.45, 2.75) is 6.92 Å². The number of carbonyl (C=O) groups is 1. The number of nitrogens with two attached hydrogens (primary N) is 1. The molecule has 0 atom stereocenters. The Labute approximate surface area is 77.6 Å². The smallest absolute Gasteiger partial charge is 0.245 e. The van der Waals surface area contributed by atoms with E-state index in [0.29, 0.717) is 18.7 Å². The van der Waals surface area contributed by atoms with Crippen molar-refractivity contribution in [3.63, 3.8) is 0 Å². The first-order valence-electron chi connectivity index (χ1n) is 4.12. The summed E-state index contributed by atoms with van der Waals surface area (Å²) in [5, 5.41) is 0. The molecular weight excluding hydrogens is 168 g/mol. The molecule has 0 bridgehead atoms. The molecule has 4 heteroatoms. The normalized spacial score (nSPS) is 18.4. The monoisotopic (exact) mass is 182 g/mol. The highest BCUT2D eigenvalue weighted by molar-refractivity contribution is 5.91. The lowest BCUT2D eigenvalue weighted by molar-refractivity contribution is -0.114. The molecule has 0 radical (unpaired) electrons. The van der Waals surface area contributed by atoms with Gasteiger partial charge in [0.15, 0.2) is 0 Å². The minimum absolute atomic E-state index is 0.392. The number of hydrogen-bond acceptors (Lipinski definition) is 3. The van der Waals surface area contributed by atoms with Crippen LogP contribution < -0.4 is 5.73 Å². The first-order chi connectivity index (χ1) is 6.09. The molecule has 1 aliphatic heterocycles. The van der Waals surface area contributed by atoms with Crippen LogP contribution in [0.5, 0.6) is 0 Å². The zero-order valence-corrected chi connectivity index (χ0v) is 7.75. The Morgan fingerprint density at radius 3 is 3.00 bits per heavy atom. The van der Waals surface area contributed by atoms with Gasteiger partial charge in [0.05, 0.1) is 13.1 Å². The Hall–Kier alpha value is -1.45. The van der Waals surface area contributed by atoms with Crippen molar-refractivity contribution in [3.05, 3.63) is 24.1 Å². The SMILES string of the molecule is C=C1CN(C=C(C)C(N)=O)CCO1. The summed E-state index contributed by atoms with van der Waals surface area (Å²) in [6.07, 6.45) is 1.75. The highest BCUT2D eigenvalue weighted by Gasteiger charge is 2.11. The van der Waals surface area contributed by atoms with Crippen LogP contribution in [0, 0.1) is 0 Å². The summed E-state index contributed by atoms with van der Waals surface area (Å²) in [6.45, 7) is 7.41. The summed E-state index contributed by atoms with van der Waals surface area (Å²) < 4.78 is 5.17. The van der Waals surface area contributed by atoms with Crippen LogP contribution in [0.25, 0.3) is 0 Å². The van der Waals surface area contributed by atoms with Gasteiger partial charge in [-0.15, -0.1) is 0 Å². The fraction of sp³-hybridized carbons (Fsp3) is 0.444. The molecule has 72 valence electrons. The largest absolute Gasteiger partial charge is 0.495 e. The second-order valence-corrected chi connectivity index (χ2v) is 3.03. The molecule has 0 unspecified atom stereocenters. The predicted octanol–water partition coefficient (Wildman–Crippen LogP) is 0.221. The molecule has 0 saturated carbocycles. The van der Waals surface area contributed by atoms with Crippen molar-refractivity contribution in [1.29, 1.82) is 0 Å². The number of ether oxygens (including phenoxy) is 1. The van der Waals surface area contributed by atoms with E-state index in [0.717, 1.165) is 12.3 Å². The molecule has 1 fully saturated rings. The molecule has 1 aliphatic rings. The lowest BCUT2D eigenvalue weighted by Gasteiger charge is -2.27. The molecule has 0 aliphatic carbocycles. The Balaban J connectivity index is 2.57. The third-order valence-corrected chi connectivity index (χ3v) is 1.83. The molecule has 0 aromatic carbocycles. The van der Waals surface area contributed by atoms with Gasteiger partial charge >= 0.3 is 0 Å². The van der Waals surface area contributed by atoms with E-state index in [1.807, 2.05) is 4.90 Å². The van der Waals surface area contributed by atoms with Crippen molar-refractivity contribution in [2.75, 3.05) is 19.7 Å². The summed E-state index contributed by atoms with van der Waals surface area (Å²) in [4.78, 5) is 12.7. The van der Waals surface area contributed by atoms with Gasteiger partial charge in [0.1, 0.15) is 12.4 Å². The van der Waals surface area contributed by atoms with Crippen molar-refractivity contribution >= 4 is 5.91 Å². The molecular formula is C9H14N2O2. The quantitative estimate of drug-likeness (QED) is 0.621. The van der Waals surface area contributed by atoms with E-state index in [1.54, 1.807) is 13.1 Å². The minimum Gasteiger partial charge on any atom is -0.495 e. The van der Waals surface area contributed by atoms with E-state index in [2.05, 4.69) is 6.58 Å². The number of carbonyl (C=O) groups excluding carboxylic acids is 1. The van der Waals surface area contributed by atoms with E-state index >= 15 is 0 Å². The summed E-state index contributed by atoms with van der Waals surface area (Å²) in [5.74, 6) is 0.330. The first kappa shape index (κ1) is 9.64. The van der Waals surface area contributed by atoms with Crippen molar-refractivity contribution in [1.82, 2.24) is 4.90 Å². The van der Waals surface area contributed by atoms with Gasteiger partial charge in [-0.25, -0.2) is 0 Å². The van der Waals surface area contributed by atoms with Crippen LogP contribution in [0.2, 0.25) is 0 Å². The maximum absolute atomic E-state index is 10.7. The third-order valence-electron chi connectivity index (χ3n) is 1.83. The van der Waals surface area contributed by atoms with Gasteiger partial charge in [0.2, 0.25) is 5.91 Å². The number of hydrogen-bond donors (Lipinski definition) is 1. The molecule has 13 heavy (non-hydrogen) atoms. The van der Waals surface area contributed by atoms with Gasteiger partial charge in [-0.05, 0) is 6.92 Å². The molecule has 2 N–H and O–H groups in total. The van der Waals surface area contributed by atoms with Crippen molar-refractivity contribution < 1.29 is 9.53 Å². The van der Waals surface area contributed by atoms with Gasteiger partial charge in [-0.1, -0.05) is 6.58 Å². The summed E-state index contributed by atoms with van der Waals surface area (Å²) in [5.41, 5.74) is 5.65. The fourth-order valence-electron chi connectivity index (χ4n) is 1.11. The topological polar surface area (TPSA) is 55.6 Å². The Kier molecular flexibility index (Phi) is 2.95. The third kappa shape index (κ3) is 2.82. The maximum Gasteiger partial charge on any atom is 0.245 e. The van der Waals surface area contributed by atoms with E-state index in [4.69, 9.17) is 10.5 Å². The molecule has 0 aromatic rings. The average molecular weight is 182 g/mol. The zero-order chi connectivity index (χ0) is 9.84. The molecule has 1 rings (SSSR count).